The zero-order valence-corrected chi connectivity index (χ0v) is 15.4. The Morgan fingerprint density at radius 1 is 1.05 bits per heavy atom. The fraction of sp³-hybridized carbons (Fsp3) is 0.294. The van der Waals surface area contributed by atoms with E-state index in [0.717, 1.165) is 39.1 Å². The van der Waals surface area contributed by atoms with E-state index in [4.69, 9.17) is 4.74 Å². The lowest BCUT2D eigenvalue weighted by molar-refractivity contribution is 0.468. The molecule has 0 aliphatic rings. The van der Waals surface area contributed by atoms with Crippen LogP contribution in [0.3, 0.4) is 0 Å². The average Bonchev–Trinajstić information content (AvgIpc) is 2.41. The Hall–Kier alpha value is -0.840. The van der Waals surface area contributed by atoms with E-state index in [1.165, 1.54) is 0 Å². The maximum Gasteiger partial charge on any atom is 0.131 e. The molecular formula is C17H19Br2NO. The molecule has 112 valence electrons. The van der Waals surface area contributed by atoms with Crippen LogP contribution in [0.15, 0.2) is 51.4 Å². The van der Waals surface area contributed by atoms with E-state index in [0.29, 0.717) is 5.92 Å². The summed E-state index contributed by atoms with van der Waals surface area (Å²) in [7, 11) is 0. The van der Waals surface area contributed by atoms with Crippen molar-refractivity contribution in [2.45, 2.75) is 20.4 Å². The molecule has 0 saturated heterocycles. The largest absolute Gasteiger partial charge is 0.457 e. The Morgan fingerprint density at radius 2 is 1.81 bits per heavy atom. The first kappa shape index (κ1) is 16.5. The third-order valence-corrected chi connectivity index (χ3v) is 3.90. The zero-order chi connectivity index (χ0) is 15.2. The molecule has 0 radical (unpaired) electrons. The van der Waals surface area contributed by atoms with Gasteiger partial charge < -0.3 is 10.1 Å². The zero-order valence-electron chi connectivity index (χ0n) is 12.2. The van der Waals surface area contributed by atoms with E-state index in [-0.39, 0.29) is 0 Å². The highest BCUT2D eigenvalue weighted by atomic mass is 79.9. The molecule has 0 amide bonds. The van der Waals surface area contributed by atoms with Crippen LogP contribution in [0.4, 0.5) is 0 Å². The summed E-state index contributed by atoms with van der Waals surface area (Å²) in [5.74, 6) is 2.34. The number of rotatable bonds is 6. The third-order valence-electron chi connectivity index (χ3n) is 2.91. The summed E-state index contributed by atoms with van der Waals surface area (Å²) >= 11 is 6.99. The fourth-order valence-corrected chi connectivity index (χ4v) is 2.73. The van der Waals surface area contributed by atoms with Crippen molar-refractivity contribution in [3.63, 3.8) is 0 Å². The van der Waals surface area contributed by atoms with Gasteiger partial charge in [-0.1, -0.05) is 51.8 Å². The summed E-state index contributed by atoms with van der Waals surface area (Å²) < 4.78 is 8.08. The van der Waals surface area contributed by atoms with E-state index < -0.39 is 0 Å². The maximum atomic E-state index is 6.01. The molecule has 0 aromatic heterocycles. The van der Waals surface area contributed by atoms with Crippen LogP contribution in [0.1, 0.15) is 19.4 Å². The fourth-order valence-electron chi connectivity index (χ4n) is 1.94. The maximum absolute atomic E-state index is 6.01. The van der Waals surface area contributed by atoms with Gasteiger partial charge in [0, 0.05) is 21.1 Å². The van der Waals surface area contributed by atoms with Gasteiger partial charge in [-0.25, -0.2) is 0 Å². The molecule has 0 bridgehead atoms. The molecule has 2 rings (SSSR count). The molecule has 0 aliphatic carbocycles. The predicted octanol–water partition coefficient (Wildman–Crippen LogP) is 5.75. The van der Waals surface area contributed by atoms with Gasteiger partial charge in [0.2, 0.25) is 0 Å². The molecule has 0 unspecified atom stereocenters. The Kier molecular flexibility index (Phi) is 6.27. The Bertz CT molecular complexity index is 599. The van der Waals surface area contributed by atoms with Crippen LogP contribution in [-0.4, -0.2) is 6.54 Å². The van der Waals surface area contributed by atoms with Crippen LogP contribution < -0.4 is 10.1 Å². The summed E-state index contributed by atoms with van der Waals surface area (Å²) in [6.45, 7) is 6.18. The highest BCUT2D eigenvalue weighted by molar-refractivity contribution is 9.10. The average molecular weight is 413 g/mol. The van der Waals surface area contributed by atoms with Gasteiger partial charge in [0.1, 0.15) is 11.5 Å². The molecular weight excluding hydrogens is 394 g/mol. The van der Waals surface area contributed by atoms with Gasteiger partial charge in [-0.2, -0.15) is 0 Å². The van der Waals surface area contributed by atoms with Crippen LogP contribution in [0.5, 0.6) is 11.5 Å². The van der Waals surface area contributed by atoms with Crippen molar-refractivity contribution in [1.82, 2.24) is 5.32 Å². The van der Waals surface area contributed by atoms with E-state index in [1.54, 1.807) is 0 Å². The van der Waals surface area contributed by atoms with Crippen molar-refractivity contribution >= 4 is 31.9 Å². The lowest BCUT2D eigenvalue weighted by Crippen LogP contribution is -2.19. The van der Waals surface area contributed by atoms with Crippen molar-refractivity contribution in [2.75, 3.05) is 6.54 Å². The summed E-state index contributed by atoms with van der Waals surface area (Å²) in [6, 6.07) is 14.0. The monoisotopic (exact) mass is 411 g/mol. The first-order valence-corrected chi connectivity index (χ1v) is 8.56. The van der Waals surface area contributed by atoms with E-state index in [2.05, 4.69) is 57.1 Å². The molecule has 0 atom stereocenters. The number of hydrogen-bond acceptors (Lipinski definition) is 2. The van der Waals surface area contributed by atoms with Crippen molar-refractivity contribution in [3.8, 4) is 11.5 Å². The van der Waals surface area contributed by atoms with Crippen LogP contribution in [0.2, 0.25) is 0 Å². The Balaban J connectivity index is 2.14. The van der Waals surface area contributed by atoms with Gasteiger partial charge in [-0.05, 0) is 48.9 Å². The smallest absolute Gasteiger partial charge is 0.131 e. The van der Waals surface area contributed by atoms with Crippen molar-refractivity contribution in [2.24, 2.45) is 5.92 Å². The molecule has 0 aliphatic heterocycles. The lowest BCUT2D eigenvalue weighted by atomic mass is 10.2. The number of halogens is 2. The predicted molar refractivity (Wildman–Crippen MR) is 94.9 cm³/mol. The molecule has 0 saturated carbocycles. The molecule has 2 aromatic rings. The molecule has 0 heterocycles. The summed E-state index contributed by atoms with van der Waals surface area (Å²) in [4.78, 5) is 0. The molecule has 1 N–H and O–H groups in total. The minimum absolute atomic E-state index is 0.631. The number of hydrogen-bond donors (Lipinski definition) is 1. The molecule has 2 aromatic carbocycles. The molecule has 21 heavy (non-hydrogen) atoms. The normalized spacial score (nSPS) is 10.9. The quantitative estimate of drug-likeness (QED) is 0.652. The van der Waals surface area contributed by atoms with Gasteiger partial charge in [0.25, 0.3) is 0 Å². The number of benzene rings is 2. The minimum atomic E-state index is 0.631. The number of nitrogens with one attached hydrogen (secondary N) is 1. The third kappa shape index (κ3) is 5.46. The second kappa shape index (κ2) is 7.97. The highest BCUT2D eigenvalue weighted by Crippen LogP contribution is 2.29. The second-order valence-electron chi connectivity index (χ2n) is 5.34. The standard InChI is InChI=1S/C17H19Br2NO/c1-12(2)10-20-11-13-8-15(19)6-7-17(13)21-16-5-3-4-14(18)9-16/h3-9,12,20H,10-11H2,1-2H3. The Morgan fingerprint density at radius 3 is 2.52 bits per heavy atom. The van der Waals surface area contributed by atoms with E-state index >= 15 is 0 Å². The topological polar surface area (TPSA) is 21.3 Å². The van der Waals surface area contributed by atoms with Crippen LogP contribution in [0, 0.1) is 5.92 Å². The van der Waals surface area contributed by atoms with Crippen LogP contribution in [-0.2, 0) is 6.54 Å². The second-order valence-corrected chi connectivity index (χ2v) is 7.17. The Labute approximate surface area is 143 Å². The number of ether oxygens (including phenoxy) is 1. The highest BCUT2D eigenvalue weighted by Gasteiger charge is 2.07. The van der Waals surface area contributed by atoms with Gasteiger partial charge in [-0.3, -0.25) is 0 Å². The molecule has 0 spiro atoms. The summed E-state index contributed by atoms with van der Waals surface area (Å²) in [6.07, 6.45) is 0. The van der Waals surface area contributed by atoms with Crippen molar-refractivity contribution < 1.29 is 4.74 Å². The van der Waals surface area contributed by atoms with Gasteiger partial charge >= 0.3 is 0 Å². The SMILES string of the molecule is CC(C)CNCc1cc(Br)ccc1Oc1cccc(Br)c1. The summed E-state index contributed by atoms with van der Waals surface area (Å²) in [5, 5.41) is 3.46. The molecule has 2 nitrogen and oxygen atoms in total. The van der Waals surface area contributed by atoms with Crippen molar-refractivity contribution in [3.05, 3.63) is 57.0 Å². The van der Waals surface area contributed by atoms with Crippen LogP contribution in [0.25, 0.3) is 0 Å². The van der Waals surface area contributed by atoms with Crippen molar-refractivity contribution in [1.29, 1.82) is 0 Å². The lowest BCUT2D eigenvalue weighted by Gasteiger charge is -2.13. The van der Waals surface area contributed by atoms with Crippen LogP contribution >= 0.6 is 31.9 Å². The van der Waals surface area contributed by atoms with E-state index in [9.17, 15) is 0 Å². The first-order valence-electron chi connectivity index (χ1n) is 6.97. The minimum Gasteiger partial charge on any atom is -0.457 e. The molecule has 4 heteroatoms. The van der Waals surface area contributed by atoms with Gasteiger partial charge in [-0.15, -0.1) is 0 Å². The first-order chi connectivity index (χ1) is 10.0. The van der Waals surface area contributed by atoms with Gasteiger partial charge in [0.15, 0.2) is 0 Å². The van der Waals surface area contributed by atoms with E-state index in [1.807, 2.05) is 36.4 Å². The molecule has 0 fully saturated rings. The summed E-state index contributed by atoms with van der Waals surface area (Å²) in [5.41, 5.74) is 1.14. The van der Waals surface area contributed by atoms with Gasteiger partial charge in [0.05, 0.1) is 0 Å².